The average Bonchev–Trinajstić information content (AvgIpc) is 2.47. The van der Waals surface area contributed by atoms with Crippen molar-refractivity contribution in [3.8, 4) is 0 Å². The van der Waals surface area contributed by atoms with Crippen LogP contribution in [0.2, 0.25) is 0 Å². The number of hydrogen-bond acceptors (Lipinski definition) is 3. The molecular formula is C16H18N2O3S. The topological polar surface area (TPSA) is 80.5 Å². The van der Waals surface area contributed by atoms with E-state index < -0.39 is 10.0 Å². The van der Waals surface area contributed by atoms with E-state index in [9.17, 15) is 13.2 Å². The lowest BCUT2D eigenvalue weighted by Gasteiger charge is -2.21. The molecule has 0 radical (unpaired) electrons. The van der Waals surface area contributed by atoms with Crippen molar-refractivity contribution < 1.29 is 13.2 Å². The van der Waals surface area contributed by atoms with Gasteiger partial charge in [0.05, 0.1) is 4.90 Å². The predicted molar refractivity (Wildman–Crippen MR) is 86.3 cm³/mol. The number of aryl methyl sites for hydroxylation is 1. The minimum absolute atomic E-state index is 0.0556. The summed E-state index contributed by atoms with van der Waals surface area (Å²) in [7, 11) is -3.85. The standard InChI is InChI=1S/C16H18N2O3S/c1-3-18(14-7-5-4-6-8-14)16(19)13-9-12(2)10-15(11-13)22(17,20)21/h4-11H,3H2,1-2H3,(H2,17,20,21). The molecule has 5 nitrogen and oxygen atoms in total. The fourth-order valence-corrected chi connectivity index (χ4v) is 2.88. The first kappa shape index (κ1) is 16.2. The number of rotatable bonds is 4. The molecule has 2 aromatic carbocycles. The van der Waals surface area contributed by atoms with Gasteiger partial charge in [0, 0.05) is 17.8 Å². The van der Waals surface area contributed by atoms with E-state index in [-0.39, 0.29) is 10.8 Å². The fourth-order valence-electron chi connectivity index (χ4n) is 2.24. The van der Waals surface area contributed by atoms with Gasteiger partial charge in [0.1, 0.15) is 0 Å². The zero-order chi connectivity index (χ0) is 16.3. The van der Waals surface area contributed by atoms with Gasteiger partial charge >= 0.3 is 0 Å². The van der Waals surface area contributed by atoms with Crippen molar-refractivity contribution >= 4 is 21.6 Å². The van der Waals surface area contributed by atoms with Crippen LogP contribution in [0.15, 0.2) is 53.4 Å². The van der Waals surface area contributed by atoms with Gasteiger partial charge in [0.2, 0.25) is 10.0 Å². The van der Waals surface area contributed by atoms with Gasteiger partial charge in [0.25, 0.3) is 5.91 Å². The molecule has 0 spiro atoms. The van der Waals surface area contributed by atoms with E-state index in [0.29, 0.717) is 17.7 Å². The molecule has 0 saturated heterocycles. The van der Waals surface area contributed by atoms with Crippen LogP contribution in [-0.4, -0.2) is 20.9 Å². The maximum atomic E-state index is 12.7. The van der Waals surface area contributed by atoms with Gasteiger partial charge in [-0.15, -0.1) is 0 Å². The van der Waals surface area contributed by atoms with Crippen LogP contribution in [0.5, 0.6) is 0 Å². The molecule has 0 fully saturated rings. The molecule has 0 bridgehead atoms. The van der Waals surface area contributed by atoms with Crippen molar-refractivity contribution in [2.75, 3.05) is 11.4 Å². The van der Waals surface area contributed by atoms with Crippen LogP contribution < -0.4 is 10.0 Å². The second kappa shape index (κ2) is 6.29. The largest absolute Gasteiger partial charge is 0.309 e. The number of carbonyl (C=O) groups is 1. The van der Waals surface area contributed by atoms with E-state index in [2.05, 4.69) is 0 Å². The summed E-state index contributed by atoms with van der Waals surface area (Å²) in [6.45, 7) is 4.06. The summed E-state index contributed by atoms with van der Waals surface area (Å²) in [4.78, 5) is 14.2. The number of amides is 1. The van der Waals surface area contributed by atoms with Crippen LogP contribution in [-0.2, 0) is 10.0 Å². The molecule has 0 aliphatic heterocycles. The Balaban J connectivity index is 2.47. The predicted octanol–water partition coefficient (Wildman–Crippen LogP) is 2.31. The van der Waals surface area contributed by atoms with Gasteiger partial charge in [-0.3, -0.25) is 4.79 Å². The second-order valence-electron chi connectivity index (χ2n) is 4.96. The maximum absolute atomic E-state index is 12.7. The lowest BCUT2D eigenvalue weighted by molar-refractivity contribution is 0.0988. The third-order valence-corrected chi connectivity index (χ3v) is 4.15. The Labute approximate surface area is 130 Å². The minimum Gasteiger partial charge on any atom is -0.309 e. The molecule has 0 atom stereocenters. The van der Waals surface area contributed by atoms with Crippen molar-refractivity contribution in [1.82, 2.24) is 0 Å². The van der Waals surface area contributed by atoms with Crippen LogP contribution in [0, 0.1) is 6.92 Å². The lowest BCUT2D eigenvalue weighted by Crippen LogP contribution is -2.30. The van der Waals surface area contributed by atoms with E-state index >= 15 is 0 Å². The molecule has 0 heterocycles. The minimum atomic E-state index is -3.85. The molecule has 22 heavy (non-hydrogen) atoms. The highest BCUT2D eigenvalue weighted by molar-refractivity contribution is 7.89. The molecule has 0 aliphatic carbocycles. The van der Waals surface area contributed by atoms with Crippen LogP contribution in [0.25, 0.3) is 0 Å². The summed E-state index contributed by atoms with van der Waals surface area (Å²) >= 11 is 0. The normalized spacial score (nSPS) is 11.2. The summed E-state index contributed by atoms with van der Waals surface area (Å²) in [6.07, 6.45) is 0. The van der Waals surface area contributed by atoms with Gasteiger partial charge in [-0.2, -0.15) is 0 Å². The van der Waals surface area contributed by atoms with Gasteiger partial charge in [0.15, 0.2) is 0 Å². The van der Waals surface area contributed by atoms with Crippen molar-refractivity contribution in [3.63, 3.8) is 0 Å². The van der Waals surface area contributed by atoms with Crippen LogP contribution in [0.1, 0.15) is 22.8 Å². The number of anilines is 1. The number of sulfonamides is 1. The number of nitrogens with zero attached hydrogens (tertiary/aromatic N) is 1. The SMILES string of the molecule is CCN(C(=O)c1cc(C)cc(S(N)(=O)=O)c1)c1ccccc1. The molecule has 2 N–H and O–H groups in total. The zero-order valence-corrected chi connectivity index (χ0v) is 13.3. The van der Waals surface area contributed by atoms with Gasteiger partial charge < -0.3 is 4.90 Å². The number of primary sulfonamides is 1. The highest BCUT2D eigenvalue weighted by Gasteiger charge is 2.19. The van der Waals surface area contributed by atoms with Gasteiger partial charge in [-0.05, 0) is 49.7 Å². The highest BCUT2D eigenvalue weighted by Crippen LogP contribution is 2.19. The third-order valence-electron chi connectivity index (χ3n) is 3.26. The van der Waals surface area contributed by atoms with Crippen molar-refractivity contribution in [2.45, 2.75) is 18.7 Å². The Bertz CT molecular complexity index is 786. The Morgan fingerprint density at radius 1 is 1.14 bits per heavy atom. The summed E-state index contributed by atoms with van der Waals surface area (Å²) in [5.41, 5.74) is 1.72. The monoisotopic (exact) mass is 318 g/mol. The van der Waals surface area contributed by atoms with E-state index in [1.165, 1.54) is 12.1 Å². The molecule has 2 aromatic rings. The first-order valence-corrected chi connectivity index (χ1v) is 8.39. The second-order valence-corrected chi connectivity index (χ2v) is 6.53. The fraction of sp³-hybridized carbons (Fsp3) is 0.188. The molecule has 6 heteroatoms. The van der Waals surface area contributed by atoms with Crippen molar-refractivity contribution in [1.29, 1.82) is 0 Å². The molecule has 0 saturated carbocycles. The number of carbonyl (C=O) groups excluding carboxylic acids is 1. The van der Waals surface area contributed by atoms with Crippen LogP contribution in [0.4, 0.5) is 5.69 Å². The quantitative estimate of drug-likeness (QED) is 0.939. The number of hydrogen-bond donors (Lipinski definition) is 1. The number of benzene rings is 2. The highest BCUT2D eigenvalue weighted by atomic mass is 32.2. The van der Waals surface area contributed by atoms with Crippen molar-refractivity contribution in [3.05, 3.63) is 59.7 Å². The first-order valence-electron chi connectivity index (χ1n) is 6.84. The Morgan fingerprint density at radius 2 is 1.77 bits per heavy atom. The van der Waals surface area contributed by atoms with E-state index in [4.69, 9.17) is 5.14 Å². The summed E-state index contributed by atoms with van der Waals surface area (Å²) in [6, 6.07) is 13.6. The summed E-state index contributed by atoms with van der Waals surface area (Å²) < 4.78 is 23.0. The molecule has 0 aliphatic rings. The van der Waals surface area contributed by atoms with Crippen LogP contribution in [0.3, 0.4) is 0 Å². The van der Waals surface area contributed by atoms with E-state index in [0.717, 1.165) is 5.69 Å². The Morgan fingerprint density at radius 3 is 2.32 bits per heavy atom. The molecular weight excluding hydrogens is 300 g/mol. The Hall–Kier alpha value is -2.18. The van der Waals surface area contributed by atoms with E-state index in [1.54, 1.807) is 17.9 Å². The first-order chi connectivity index (χ1) is 10.3. The number of nitrogens with two attached hydrogens (primary N) is 1. The molecule has 2 rings (SSSR count). The van der Waals surface area contributed by atoms with Crippen molar-refractivity contribution in [2.24, 2.45) is 5.14 Å². The maximum Gasteiger partial charge on any atom is 0.258 e. The van der Waals surface area contributed by atoms with Gasteiger partial charge in [-0.1, -0.05) is 18.2 Å². The third kappa shape index (κ3) is 3.52. The zero-order valence-electron chi connectivity index (χ0n) is 12.5. The Kier molecular flexibility index (Phi) is 4.63. The molecule has 0 unspecified atom stereocenters. The lowest BCUT2D eigenvalue weighted by atomic mass is 10.1. The molecule has 0 aromatic heterocycles. The van der Waals surface area contributed by atoms with Gasteiger partial charge in [-0.25, -0.2) is 13.6 Å². The molecule has 1 amide bonds. The van der Waals surface area contributed by atoms with Crippen LogP contribution >= 0.6 is 0 Å². The van der Waals surface area contributed by atoms with E-state index in [1.807, 2.05) is 37.3 Å². The average molecular weight is 318 g/mol. The molecule has 116 valence electrons. The summed E-state index contributed by atoms with van der Waals surface area (Å²) in [5.74, 6) is -0.262. The smallest absolute Gasteiger partial charge is 0.258 e. The summed E-state index contributed by atoms with van der Waals surface area (Å²) in [5, 5.41) is 5.16. The number of para-hydroxylation sites is 1.